The first-order valence-electron chi connectivity index (χ1n) is 5.61. The minimum atomic E-state index is -1.09. The molecule has 2 N–H and O–H groups in total. The summed E-state index contributed by atoms with van der Waals surface area (Å²) in [4.78, 5) is 22.7. The second kappa shape index (κ2) is 5.23. The van der Waals surface area contributed by atoms with Gasteiger partial charge in [-0.2, -0.15) is 0 Å². The highest BCUT2D eigenvalue weighted by molar-refractivity contribution is 6.09. The van der Waals surface area contributed by atoms with Gasteiger partial charge in [0, 0.05) is 0 Å². The van der Waals surface area contributed by atoms with Crippen LogP contribution in [0.25, 0.3) is 10.8 Å². The fraction of sp³-hybridized carbons (Fsp3) is 0.0667. The number of benzene rings is 2. The lowest BCUT2D eigenvalue weighted by molar-refractivity contribution is -0.111. The Bertz CT molecular complexity index is 723. The number of carbonyl (C=O) groups excluding carboxylic acids is 1. The van der Waals surface area contributed by atoms with E-state index in [1.807, 2.05) is 24.3 Å². The molecule has 94 valence electrons. The molecule has 0 bridgehead atoms. The number of hydrogen-bond donors (Lipinski definition) is 2. The lowest BCUT2D eigenvalue weighted by atomic mass is 10.0. The van der Waals surface area contributed by atoms with Crippen molar-refractivity contribution in [1.29, 1.82) is 0 Å². The molecule has 2 aromatic rings. The standard InChI is InChI=1S/C15H11NO3/c1-2-5-14(17)16-13-9-11-7-4-3-6-10(11)8-12(13)15(18)19/h3-4,6-9H,1H3,(H,16,17)(H,18,19). The third-order valence-corrected chi connectivity index (χ3v) is 2.60. The number of carboxylic acid groups (broad SMARTS) is 1. The number of carbonyl (C=O) groups is 2. The zero-order valence-corrected chi connectivity index (χ0v) is 10.2. The quantitative estimate of drug-likeness (QED) is 0.808. The van der Waals surface area contributed by atoms with Crippen LogP contribution < -0.4 is 5.32 Å². The summed E-state index contributed by atoms with van der Waals surface area (Å²) >= 11 is 0. The Labute approximate surface area is 110 Å². The largest absolute Gasteiger partial charge is 0.478 e. The van der Waals surface area contributed by atoms with Gasteiger partial charge < -0.3 is 10.4 Å². The van der Waals surface area contributed by atoms with Crippen LogP contribution in [0.4, 0.5) is 5.69 Å². The van der Waals surface area contributed by atoms with Gasteiger partial charge in [0.15, 0.2) is 0 Å². The van der Waals surface area contributed by atoms with Gasteiger partial charge in [0.05, 0.1) is 11.3 Å². The molecule has 0 saturated heterocycles. The Morgan fingerprint density at radius 2 is 1.79 bits per heavy atom. The van der Waals surface area contributed by atoms with Crippen LogP contribution in [-0.2, 0) is 4.79 Å². The molecule has 0 aromatic heterocycles. The summed E-state index contributed by atoms with van der Waals surface area (Å²) in [5.41, 5.74) is 0.295. The maximum Gasteiger partial charge on any atom is 0.337 e. The van der Waals surface area contributed by atoms with E-state index in [1.165, 1.54) is 13.0 Å². The van der Waals surface area contributed by atoms with Crippen LogP contribution in [0, 0.1) is 11.8 Å². The Balaban J connectivity index is 2.55. The molecule has 0 saturated carbocycles. The first kappa shape index (κ1) is 12.7. The zero-order chi connectivity index (χ0) is 13.8. The summed E-state index contributed by atoms with van der Waals surface area (Å²) in [6.45, 7) is 1.54. The van der Waals surface area contributed by atoms with E-state index in [1.54, 1.807) is 6.07 Å². The molecule has 0 aliphatic carbocycles. The van der Waals surface area contributed by atoms with E-state index >= 15 is 0 Å². The lowest BCUT2D eigenvalue weighted by Gasteiger charge is -2.08. The van der Waals surface area contributed by atoms with Crippen LogP contribution in [0.3, 0.4) is 0 Å². The third-order valence-electron chi connectivity index (χ3n) is 2.60. The molecule has 19 heavy (non-hydrogen) atoms. The first-order valence-corrected chi connectivity index (χ1v) is 5.61. The van der Waals surface area contributed by atoms with Gasteiger partial charge in [0.25, 0.3) is 5.91 Å². The number of rotatable bonds is 2. The molecular formula is C15H11NO3. The molecule has 1 amide bonds. The Kier molecular flexibility index (Phi) is 3.48. The number of nitrogens with one attached hydrogen (secondary N) is 1. The van der Waals surface area contributed by atoms with Crippen molar-refractivity contribution in [2.75, 3.05) is 5.32 Å². The van der Waals surface area contributed by atoms with Crippen LogP contribution in [0.15, 0.2) is 36.4 Å². The first-order chi connectivity index (χ1) is 9.11. The van der Waals surface area contributed by atoms with Crippen molar-refractivity contribution in [2.24, 2.45) is 0 Å². The molecule has 0 aliphatic rings. The summed E-state index contributed by atoms with van der Waals surface area (Å²) in [7, 11) is 0. The van der Waals surface area contributed by atoms with Gasteiger partial charge in [-0.25, -0.2) is 4.79 Å². The number of fused-ring (bicyclic) bond motifs is 1. The van der Waals surface area contributed by atoms with Crippen LogP contribution in [0.2, 0.25) is 0 Å². The Morgan fingerprint density at radius 1 is 1.16 bits per heavy atom. The second-order valence-electron chi connectivity index (χ2n) is 3.88. The molecular weight excluding hydrogens is 242 g/mol. The van der Waals surface area contributed by atoms with Gasteiger partial charge in [-0.1, -0.05) is 30.2 Å². The van der Waals surface area contributed by atoms with Gasteiger partial charge in [0.1, 0.15) is 0 Å². The molecule has 4 heteroatoms. The molecule has 0 unspecified atom stereocenters. The fourth-order valence-electron chi connectivity index (χ4n) is 1.79. The van der Waals surface area contributed by atoms with Crippen LogP contribution in [-0.4, -0.2) is 17.0 Å². The maximum absolute atomic E-state index is 11.4. The van der Waals surface area contributed by atoms with Crippen molar-refractivity contribution in [3.63, 3.8) is 0 Å². The topological polar surface area (TPSA) is 66.4 Å². The number of hydrogen-bond acceptors (Lipinski definition) is 2. The smallest absolute Gasteiger partial charge is 0.337 e. The van der Waals surface area contributed by atoms with Crippen molar-refractivity contribution < 1.29 is 14.7 Å². The van der Waals surface area contributed by atoms with E-state index in [0.717, 1.165) is 10.8 Å². The molecule has 2 rings (SSSR count). The third kappa shape index (κ3) is 2.72. The number of amides is 1. The van der Waals surface area contributed by atoms with Gasteiger partial charge in [-0.3, -0.25) is 4.79 Å². The Morgan fingerprint density at radius 3 is 2.37 bits per heavy atom. The summed E-state index contributed by atoms with van der Waals surface area (Å²) in [6.07, 6.45) is 0. The van der Waals surface area contributed by atoms with Crippen molar-refractivity contribution in [2.45, 2.75) is 6.92 Å². The summed E-state index contributed by atoms with van der Waals surface area (Å²) in [6, 6.07) is 10.5. The zero-order valence-electron chi connectivity index (χ0n) is 10.2. The van der Waals surface area contributed by atoms with Crippen molar-refractivity contribution in [3.05, 3.63) is 42.0 Å². The molecule has 2 aromatic carbocycles. The molecule has 0 spiro atoms. The monoisotopic (exact) mass is 253 g/mol. The minimum absolute atomic E-state index is 0.0463. The van der Waals surface area contributed by atoms with E-state index < -0.39 is 11.9 Å². The lowest BCUT2D eigenvalue weighted by Crippen LogP contribution is -2.12. The average Bonchev–Trinajstić information content (AvgIpc) is 2.38. The molecule has 0 heterocycles. The van der Waals surface area contributed by atoms with Crippen molar-refractivity contribution in [3.8, 4) is 11.8 Å². The van der Waals surface area contributed by atoms with Crippen molar-refractivity contribution >= 4 is 28.3 Å². The Hall–Kier alpha value is -2.80. The molecule has 0 radical (unpaired) electrons. The highest BCUT2D eigenvalue weighted by Gasteiger charge is 2.13. The van der Waals surface area contributed by atoms with Crippen molar-refractivity contribution in [1.82, 2.24) is 0 Å². The molecule has 0 aliphatic heterocycles. The van der Waals surface area contributed by atoms with E-state index in [4.69, 9.17) is 0 Å². The van der Waals surface area contributed by atoms with Crippen LogP contribution in [0.1, 0.15) is 17.3 Å². The summed E-state index contributed by atoms with van der Waals surface area (Å²) < 4.78 is 0. The molecule has 4 nitrogen and oxygen atoms in total. The number of carboxylic acids is 1. The number of aromatic carboxylic acids is 1. The van der Waals surface area contributed by atoms with Crippen LogP contribution in [0.5, 0.6) is 0 Å². The van der Waals surface area contributed by atoms with E-state index in [-0.39, 0.29) is 11.3 Å². The van der Waals surface area contributed by atoms with E-state index in [9.17, 15) is 14.7 Å². The molecule has 0 fully saturated rings. The predicted molar refractivity (Wildman–Crippen MR) is 73.0 cm³/mol. The van der Waals surface area contributed by atoms with E-state index in [0.29, 0.717) is 0 Å². The predicted octanol–water partition coefficient (Wildman–Crippen LogP) is 2.50. The number of anilines is 1. The van der Waals surface area contributed by atoms with Gasteiger partial charge >= 0.3 is 5.97 Å². The second-order valence-corrected chi connectivity index (χ2v) is 3.88. The minimum Gasteiger partial charge on any atom is -0.478 e. The van der Waals surface area contributed by atoms with Gasteiger partial charge in [-0.05, 0) is 35.7 Å². The summed E-state index contributed by atoms with van der Waals surface area (Å²) in [5.74, 6) is 3.16. The average molecular weight is 253 g/mol. The highest BCUT2D eigenvalue weighted by Crippen LogP contribution is 2.24. The summed E-state index contributed by atoms with van der Waals surface area (Å²) in [5, 5.41) is 13.3. The highest BCUT2D eigenvalue weighted by atomic mass is 16.4. The van der Waals surface area contributed by atoms with E-state index in [2.05, 4.69) is 17.2 Å². The normalized spacial score (nSPS) is 9.53. The van der Waals surface area contributed by atoms with Gasteiger partial charge in [0.2, 0.25) is 0 Å². The fourth-order valence-corrected chi connectivity index (χ4v) is 1.79. The van der Waals surface area contributed by atoms with Crippen LogP contribution >= 0.6 is 0 Å². The van der Waals surface area contributed by atoms with Gasteiger partial charge in [-0.15, -0.1) is 0 Å². The SMILES string of the molecule is CC#CC(=O)Nc1cc2ccccc2cc1C(=O)O. The maximum atomic E-state index is 11.4. The molecule has 0 atom stereocenters.